The number of carbonyl (C=O) groups is 2. The Morgan fingerprint density at radius 1 is 0.605 bits per heavy atom. The summed E-state index contributed by atoms with van der Waals surface area (Å²) in [4.78, 5) is 27.7. The first-order valence-electron chi connectivity index (χ1n) is 13.2. The average Bonchev–Trinajstić information content (AvgIpc) is 2.96. The van der Waals surface area contributed by atoms with Crippen molar-refractivity contribution in [2.24, 2.45) is 0 Å². The number of nitrogens with one attached hydrogen (secondary N) is 1. The second kappa shape index (κ2) is 9.97. The molecule has 0 radical (unpaired) electrons. The molecule has 3 aromatic rings. The predicted octanol–water partition coefficient (Wildman–Crippen LogP) is 6.19. The van der Waals surface area contributed by atoms with E-state index in [1.165, 1.54) is 11.1 Å². The Hall–Kier alpha value is -4.12. The molecule has 0 amide bonds. The van der Waals surface area contributed by atoms with Crippen molar-refractivity contribution >= 4 is 11.6 Å². The van der Waals surface area contributed by atoms with Gasteiger partial charge in [-0.2, -0.15) is 0 Å². The fourth-order valence-electron chi connectivity index (χ4n) is 6.38. The van der Waals surface area contributed by atoms with Gasteiger partial charge in [-0.25, -0.2) is 0 Å². The zero-order chi connectivity index (χ0) is 26.2. The number of rotatable bonds is 5. The number of allylic oxidation sites excluding steroid dienone is 4. The first kappa shape index (κ1) is 24.2. The van der Waals surface area contributed by atoms with Gasteiger partial charge in [-0.15, -0.1) is 0 Å². The number of carbonyl (C=O) groups excluding carboxylic acids is 2. The van der Waals surface area contributed by atoms with Crippen molar-refractivity contribution in [1.29, 1.82) is 0 Å². The number of methoxy groups -OCH3 is 2. The maximum Gasteiger partial charge on any atom is 0.162 e. The van der Waals surface area contributed by atoms with Gasteiger partial charge in [0.25, 0.3) is 0 Å². The van der Waals surface area contributed by atoms with E-state index in [1.54, 1.807) is 14.2 Å². The fourth-order valence-corrected chi connectivity index (χ4v) is 6.38. The maximum atomic E-state index is 13.9. The second-order valence-corrected chi connectivity index (χ2v) is 10.3. The van der Waals surface area contributed by atoms with E-state index in [0.29, 0.717) is 24.3 Å². The summed E-state index contributed by atoms with van der Waals surface area (Å²) in [6, 6.07) is 26.2. The van der Waals surface area contributed by atoms with Gasteiger partial charge in [0.05, 0.1) is 14.2 Å². The maximum absolute atomic E-state index is 13.9. The van der Waals surface area contributed by atoms with E-state index in [0.717, 1.165) is 40.9 Å². The highest BCUT2D eigenvalue weighted by Gasteiger charge is 2.44. The minimum Gasteiger partial charge on any atom is -0.493 e. The molecule has 192 valence electrons. The summed E-state index contributed by atoms with van der Waals surface area (Å²) < 4.78 is 11.1. The zero-order valence-electron chi connectivity index (χ0n) is 21.7. The van der Waals surface area contributed by atoms with Crippen LogP contribution in [-0.4, -0.2) is 25.8 Å². The van der Waals surface area contributed by atoms with Crippen LogP contribution in [0.2, 0.25) is 0 Å². The van der Waals surface area contributed by atoms with Gasteiger partial charge in [0, 0.05) is 41.3 Å². The van der Waals surface area contributed by atoms with Crippen LogP contribution in [0.4, 0.5) is 0 Å². The summed E-state index contributed by atoms with van der Waals surface area (Å²) in [6.45, 7) is 0. The minimum absolute atomic E-state index is 0.0944. The van der Waals surface area contributed by atoms with Crippen LogP contribution in [0.1, 0.15) is 60.1 Å². The smallest absolute Gasteiger partial charge is 0.162 e. The van der Waals surface area contributed by atoms with Gasteiger partial charge in [0.15, 0.2) is 23.1 Å². The molecule has 1 heterocycles. The number of dihydropyridines is 1. The predicted molar refractivity (Wildman–Crippen MR) is 146 cm³/mol. The standard InChI is InChI=1S/C33H31NO4/c1-37-29-14-13-22(19-30(29)38-2)31-32-25(15-23(17-27(32)35)20-9-5-3-6-10-20)34-26-16-24(18-28(36)33(26)31)21-11-7-4-8-12-21/h3-14,19,23-24,31,34H,15-18H2,1-2H3. The highest BCUT2D eigenvalue weighted by molar-refractivity contribution is 6.07. The van der Waals surface area contributed by atoms with Crippen molar-refractivity contribution < 1.29 is 19.1 Å². The zero-order valence-corrected chi connectivity index (χ0v) is 21.7. The molecule has 1 N–H and O–H groups in total. The monoisotopic (exact) mass is 505 g/mol. The van der Waals surface area contributed by atoms with Crippen molar-refractivity contribution in [3.05, 3.63) is 118 Å². The van der Waals surface area contributed by atoms with Crippen LogP contribution in [0.5, 0.6) is 11.5 Å². The Kier molecular flexibility index (Phi) is 6.36. The van der Waals surface area contributed by atoms with E-state index in [2.05, 4.69) is 29.6 Å². The van der Waals surface area contributed by atoms with E-state index >= 15 is 0 Å². The lowest BCUT2D eigenvalue weighted by Crippen LogP contribution is -2.38. The molecule has 0 saturated heterocycles. The topological polar surface area (TPSA) is 64.6 Å². The lowest BCUT2D eigenvalue weighted by atomic mass is 9.67. The summed E-state index contributed by atoms with van der Waals surface area (Å²) in [7, 11) is 3.21. The second-order valence-electron chi connectivity index (χ2n) is 10.3. The molecule has 38 heavy (non-hydrogen) atoms. The van der Waals surface area contributed by atoms with Crippen molar-refractivity contribution in [2.45, 2.75) is 43.4 Å². The van der Waals surface area contributed by atoms with Crippen LogP contribution in [0.3, 0.4) is 0 Å². The Labute approximate surface area is 223 Å². The van der Waals surface area contributed by atoms with Crippen molar-refractivity contribution in [3.8, 4) is 11.5 Å². The molecule has 0 fully saturated rings. The molecule has 3 aromatic carbocycles. The highest BCUT2D eigenvalue weighted by Crippen LogP contribution is 2.50. The molecule has 0 aromatic heterocycles. The number of benzene rings is 3. The summed E-state index contributed by atoms with van der Waals surface area (Å²) >= 11 is 0. The average molecular weight is 506 g/mol. The SMILES string of the molecule is COc1ccc(C2C3=C(CC(c4ccccc4)CC3=O)NC3=C2C(=O)CC(c2ccccc2)C3)cc1OC. The van der Waals surface area contributed by atoms with E-state index in [9.17, 15) is 9.59 Å². The van der Waals surface area contributed by atoms with Crippen LogP contribution < -0.4 is 14.8 Å². The van der Waals surface area contributed by atoms with Crippen molar-refractivity contribution in [2.75, 3.05) is 14.2 Å². The van der Waals surface area contributed by atoms with Crippen LogP contribution >= 0.6 is 0 Å². The van der Waals surface area contributed by atoms with E-state index in [1.807, 2.05) is 54.6 Å². The highest BCUT2D eigenvalue weighted by atomic mass is 16.5. The van der Waals surface area contributed by atoms with Crippen LogP contribution in [0.25, 0.3) is 0 Å². The number of ether oxygens (including phenoxy) is 2. The molecule has 2 atom stereocenters. The lowest BCUT2D eigenvalue weighted by molar-refractivity contribution is -0.117. The largest absolute Gasteiger partial charge is 0.493 e. The summed E-state index contributed by atoms with van der Waals surface area (Å²) in [5.74, 6) is 1.18. The third-order valence-corrected chi connectivity index (χ3v) is 8.18. The third kappa shape index (κ3) is 4.22. The molecular weight excluding hydrogens is 474 g/mol. The van der Waals surface area contributed by atoms with E-state index in [4.69, 9.17) is 9.47 Å². The summed E-state index contributed by atoms with van der Waals surface area (Å²) in [5, 5.41) is 3.63. The molecule has 0 bridgehead atoms. The molecule has 3 aliphatic rings. The van der Waals surface area contributed by atoms with Gasteiger partial charge < -0.3 is 14.8 Å². The number of Topliss-reactive ketones (excluding diaryl/α,β-unsaturated/α-hetero) is 2. The first-order chi connectivity index (χ1) is 18.6. The first-order valence-corrected chi connectivity index (χ1v) is 13.2. The minimum atomic E-state index is -0.422. The summed E-state index contributed by atoms with van der Waals surface area (Å²) in [5.41, 5.74) is 6.52. The molecule has 5 nitrogen and oxygen atoms in total. The van der Waals surface area contributed by atoms with Gasteiger partial charge in [0.1, 0.15) is 0 Å². The van der Waals surface area contributed by atoms with Gasteiger partial charge in [-0.1, -0.05) is 66.7 Å². The van der Waals surface area contributed by atoms with Crippen LogP contribution in [0.15, 0.2) is 101 Å². The third-order valence-electron chi connectivity index (χ3n) is 8.18. The molecular formula is C33H31NO4. The van der Waals surface area contributed by atoms with Gasteiger partial charge in [-0.3, -0.25) is 9.59 Å². The normalized spacial score (nSPS) is 22.9. The van der Waals surface area contributed by atoms with Crippen molar-refractivity contribution in [1.82, 2.24) is 5.32 Å². The summed E-state index contributed by atoms with van der Waals surface area (Å²) in [6.07, 6.45) is 2.32. The van der Waals surface area contributed by atoms with Crippen molar-refractivity contribution in [3.63, 3.8) is 0 Å². The molecule has 1 aliphatic heterocycles. The van der Waals surface area contributed by atoms with E-state index < -0.39 is 5.92 Å². The Bertz CT molecular complexity index is 1370. The molecule has 6 rings (SSSR count). The van der Waals surface area contributed by atoms with Crippen LogP contribution in [-0.2, 0) is 9.59 Å². The Morgan fingerprint density at radius 3 is 1.58 bits per heavy atom. The van der Waals surface area contributed by atoms with Gasteiger partial charge in [-0.05, 0) is 53.5 Å². The number of hydrogen-bond donors (Lipinski definition) is 1. The lowest BCUT2D eigenvalue weighted by Gasteiger charge is -2.40. The van der Waals surface area contributed by atoms with Gasteiger partial charge in [0.2, 0.25) is 0 Å². The molecule has 2 aliphatic carbocycles. The Balaban J connectivity index is 1.46. The van der Waals surface area contributed by atoms with Crippen LogP contribution in [0, 0.1) is 0 Å². The quantitative estimate of drug-likeness (QED) is 0.448. The number of ketones is 2. The molecule has 0 saturated carbocycles. The molecule has 5 heteroatoms. The fraction of sp³-hybridized carbons (Fsp3) is 0.273. The molecule has 2 unspecified atom stereocenters. The Morgan fingerprint density at radius 2 is 1.11 bits per heavy atom. The molecule has 0 spiro atoms. The van der Waals surface area contributed by atoms with E-state index in [-0.39, 0.29) is 23.4 Å². The number of hydrogen-bond acceptors (Lipinski definition) is 5. The van der Waals surface area contributed by atoms with Gasteiger partial charge >= 0.3 is 0 Å².